The molecule has 0 bridgehead atoms. The summed E-state index contributed by atoms with van der Waals surface area (Å²) in [5.74, 6) is 0. The number of hydrogen-bond acceptors (Lipinski definition) is 4. The summed E-state index contributed by atoms with van der Waals surface area (Å²) < 4.78 is 0. The summed E-state index contributed by atoms with van der Waals surface area (Å²) in [6.07, 6.45) is 5.25. The fraction of sp³-hybridized carbons (Fsp3) is 0.500. The third-order valence-electron chi connectivity index (χ3n) is 4.02. The molecule has 0 amide bonds. The Bertz CT molecular complexity index is 495. The average Bonchev–Trinajstić information content (AvgIpc) is 3.12. The van der Waals surface area contributed by atoms with Crippen LogP contribution in [0.4, 0.5) is 0 Å². The van der Waals surface area contributed by atoms with Crippen LogP contribution in [0.5, 0.6) is 0 Å². The molecule has 1 saturated carbocycles. The Balaban J connectivity index is 1.71. The quantitative estimate of drug-likeness (QED) is 0.875. The molecule has 1 fully saturated rings. The molecule has 3 unspecified atom stereocenters. The van der Waals surface area contributed by atoms with Crippen molar-refractivity contribution < 1.29 is 5.11 Å². The monoisotopic (exact) mass is 307 g/mol. The largest absolute Gasteiger partial charge is 0.392 e. The Hall–Kier alpha value is -0.680. The SMILES string of the molecule is OC1CCCCC1NC(Cc1cccs1)c1cccs1. The minimum Gasteiger partial charge on any atom is -0.392 e. The number of aliphatic hydroxyl groups is 1. The zero-order valence-electron chi connectivity index (χ0n) is 11.5. The minimum absolute atomic E-state index is 0.186. The van der Waals surface area contributed by atoms with E-state index in [0.29, 0.717) is 6.04 Å². The van der Waals surface area contributed by atoms with Gasteiger partial charge in [0, 0.05) is 28.3 Å². The molecule has 2 aromatic heterocycles. The third-order valence-corrected chi connectivity index (χ3v) is 5.90. The van der Waals surface area contributed by atoms with Crippen LogP contribution in [0.2, 0.25) is 0 Å². The van der Waals surface area contributed by atoms with Crippen LogP contribution in [0, 0.1) is 0 Å². The van der Waals surface area contributed by atoms with Crippen molar-refractivity contribution in [2.75, 3.05) is 0 Å². The van der Waals surface area contributed by atoms with Gasteiger partial charge in [-0.05, 0) is 35.7 Å². The second-order valence-electron chi connectivity index (χ2n) is 5.48. The lowest BCUT2D eigenvalue weighted by molar-refractivity contribution is 0.0850. The average molecular weight is 307 g/mol. The molecule has 2 heterocycles. The van der Waals surface area contributed by atoms with E-state index in [9.17, 15) is 5.11 Å². The van der Waals surface area contributed by atoms with Crippen LogP contribution in [-0.4, -0.2) is 17.3 Å². The van der Waals surface area contributed by atoms with Gasteiger partial charge in [0.1, 0.15) is 0 Å². The first kappa shape index (κ1) is 14.3. The zero-order valence-corrected chi connectivity index (χ0v) is 13.1. The molecule has 1 aliphatic rings. The van der Waals surface area contributed by atoms with Gasteiger partial charge in [0.2, 0.25) is 0 Å². The Morgan fingerprint density at radius 3 is 2.65 bits per heavy atom. The van der Waals surface area contributed by atoms with E-state index < -0.39 is 0 Å². The molecule has 0 saturated heterocycles. The number of rotatable bonds is 5. The standard InChI is InChI=1S/C16H21NOS2/c18-15-7-2-1-6-13(15)17-14(16-8-4-10-20-16)11-12-5-3-9-19-12/h3-5,8-10,13-15,17-18H,1-2,6-7,11H2. The third kappa shape index (κ3) is 3.50. The van der Waals surface area contributed by atoms with Crippen molar-refractivity contribution in [3.05, 3.63) is 44.8 Å². The highest BCUT2D eigenvalue weighted by molar-refractivity contribution is 7.10. The van der Waals surface area contributed by atoms with Gasteiger partial charge >= 0.3 is 0 Å². The highest BCUT2D eigenvalue weighted by Gasteiger charge is 2.26. The second-order valence-corrected chi connectivity index (χ2v) is 7.49. The van der Waals surface area contributed by atoms with Crippen molar-refractivity contribution in [3.63, 3.8) is 0 Å². The molecule has 2 nitrogen and oxygen atoms in total. The molecule has 2 N–H and O–H groups in total. The maximum atomic E-state index is 10.2. The highest BCUT2D eigenvalue weighted by Crippen LogP contribution is 2.28. The van der Waals surface area contributed by atoms with E-state index in [1.807, 2.05) is 11.3 Å². The molecule has 1 aliphatic carbocycles. The van der Waals surface area contributed by atoms with Crippen molar-refractivity contribution >= 4 is 22.7 Å². The highest BCUT2D eigenvalue weighted by atomic mass is 32.1. The number of hydrogen-bond donors (Lipinski definition) is 2. The van der Waals surface area contributed by atoms with E-state index in [-0.39, 0.29) is 12.1 Å². The summed E-state index contributed by atoms with van der Waals surface area (Å²) >= 11 is 3.62. The van der Waals surface area contributed by atoms with Crippen LogP contribution >= 0.6 is 22.7 Å². The van der Waals surface area contributed by atoms with Gasteiger partial charge in [-0.25, -0.2) is 0 Å². The van der Waals surface area contributed by atoms with Crippen LogP contribution in [0.1, 0.15) is 41.5 Å². The van der Waals surface area contributed by atoms with Gasteiger partial charge in [-0.15, -0.1) is 22.7 Å². The maximum Gasteiger partial charge on any atom is 0.0693 e. The first-order valence-corrected chi connectivity index (χ1v) is 9.09. The summed E-state index contributed by atoms with van der Waals surface area (Å²) in [4.78, 5) is 2.78. The molecule has 2 aromatic rings. The van der Waals surface area contributed by atoms with Crippen molar-refractivity contribution in [2.24, 2.45) is 0 Å². The zero-order chi connectivity index (χ0) is 13.8. The molecule has 20 heavy (non-hydrogen) atoms. The predicted octanol–water partition coefficient (Wildman–Crippen LogP) is 3.99. The van der Waals surface area contributed by atoms with Gasteiger partial charge in [-0.1, -0.05) is 25.0 Å². The minimum atomic E-state index is -0.186. The molecule has 0 spiro atoms. The van der Waals surface area contributed by atoms with Crippen LogP contribution in [0.25, 0.3) is 0 Å². The summed E-state index contributed by atoms with van der Waals surface area (Å²) in [5, 5.41) is 18.2. The molecular formula is C16H21NOS2. The van der Waals surface area contributed by atoms with E-state index >= 15 is 0 Å². The van der Waals surface area contributed by atoms with Crippen LogP contribution in [0.3, 0.4) is 0 Å². The van der Waals surface area contributed by atoms with Gasteiger partial charge in [0.05, 0.1) is 6.10 Å². The molecule has 3 rings (SSSR count). The van der Waals surface area contributed by atoms with Crippen LogP contribution in [0.15, 0.2) is 35.0 Å². The van der Waals surface area contributed by atoms with Gasteiger partial charge in [-0.3, -0.25) is 0 Å². The lowest BCUT2D eigenvalue weighted by Crippen LogP contribution is -2.44. The summed E-state index contributed by atoms with van der Waals surface area (Å²) in [6, 6.07) is 9.19. The summed E-state index contributed by atoms with van der Waals surface area (Å²) in [5.41, 5.74) is 0. The number of aliphatic hydroxyl groups excluding tert-OH is 1. The van der Waals surface area contributed by atoms with Crippen LogP contribution < -0.4 is 5.32 Å². The van der Waals surface area contributed by atoms with Crippen LogP contribution in [-0.2, 0) is 6.42 Å². The fourth-order valence-corrected chi connectivity index (χ4v) is 4.46. The molecule has 3 atom stereocenters. The molecular weight excluding hydrogens is 286 g/mol. The van der Waals surface area contributed by atoms with Gasteiger partial charge in [0.15, 0.2) is 0 Å². The summed E-state index contributed by atoms with van der Waals surface area (Å²) in [7, 11) is 0. The first-order valence-electron chi connectivity index (χ1n) is 7.33. The number of thiophene rings is 2. The second kappa shape index (κ2) is 6.85. The van der Waals surface area contributed by atoms with E-state index in [4.69, 9.17) is 0 Å². The lowest BCUT2D eigenvalue weighted by Gasteiger charge is -2.32. The predicted molar refractivity (Wildman–Crippen MR) is 86.5 cm³/mol. The maximum absolute atomic E-state index is 10.2. The topological polar surface area (TPSA) is 32.3 Å². The molecule has 108 valence electrons. The van der Waals surface area contributed by atoms with Gasteiger partial charge < -0.3 is 10.4 Å². The van der Waals surface area contributed by atoms with E-state index in [1.54, 1.807) is 11.3 Å². The van der Waals surface area contributed by atoms with Gasteiger partial charge in [-0.2, -0.15) is 0 Å². The Morgan fingerprint density at radius 2 is 1.95 bits per heavy atom. The summed E-state index contributed by atoms with van der Waals surface area (Å²) in [6.45, 7) is 0. The lowest BCUT2D eigenvalue weighted by atomic mass is 9.91. The number of nitrogens with one attached hydrogen (secondary N) is 1. The molecule has 0 radical (unpaired) electrons. The van der Waals surface area contributed by atoms with E-state index in [0.717, 1.165) is 25.7 Å². The van der Waals surface area contributed by atoms with Crippen molar-refractivity contribution in [1.29, 1.82) is 0 Å². The molecule has 0 aromatic carbocycles. The van der Waals surface area contributed by atoms with E-state index in [1.165, 1.54) is 16.2 Å². The van der Waals surface area contributed by atoms with Crippen molar-refractivity contribution in [1.82, 2.24) is 5.32 Å². The first-order chi connectivity index (χ1) is 9.83. The van der Waals surface area contributed by atoms with Gasteiger partial charge in [0.25, 0.3) is 0 Å². The van der Waals surface area contributed by atoms with Crippen molar-refractivity contribution in [2.45, 2.75) is 50.3 Å². The Kier molecular flexibility index (Phi) is 4.89. The molecule has 4 heteroatoms. The smallest absolute Gasteiger partial charge is 0.0693 e. The Morgan fingerprint density at radius 1 is 1.15 bits per heavy atom. The van der Waals surface area contributed by atoms with Crippen molar-refractivity contribution in [3.8, 4) is 0 Å². The fourth-order valence-electron chi connectivity index (χ4n) is 2.93. The van der Waals surface area contributed by atoms with E-state index in [2.05, 4.69) is 40.3 Å². The molecule has 0 aliphatic heterocycles. The normalized spacial score (nSPS) is 24.6. The Labute approximate surface area is 128 Å².